The van der Waals surface area contributed by atoms with E-state index in [9.17, 15) is 0 Å². The lowest BCUT2D eigenvalue weighted by atomic mass is 9.97. The van der Waals surface area contributed by atoms with Gasteiger partial charge in [0.2, 0.25) is 0 Å². The summed E-state index contributed by atoms with van der Waals surface area (Å²) in [5.74, 6) is 0. The molecule has 1 aliphatic rings. The van der Waals surface area contributed by atoms with Gasteiger partial charge in [0.1, 0.15) is 0 Å². The van der Waals surface area contributed by atoms with Gasteiger partial charge in [-0.2, -0.15) is 0 Å². The van der Waals surface area contributed by atoms with Crippen LogP contribution in [-0.2, 0) is 6.42 Å². The first kappa shape index (κ1) is 39.2. The van der Waals surface area contributed by atoms with E-state index in [0.29, 0.717) is 0 Å². The zero-order valence-electron chi connectivity index (χ0n) is 36.6. The summed E-state index contributed by atoms with van der Waals surface area (Å²) in [6.45, 7) is 0. The van der Waals surface area contributed by atoms with Gasteiger partial charge >= 0.3 is 0 Å². The zero-order chi connectivity index (χ0) is 43.8. The fourth-order valence-corrected chi connectivity index (χ4v) is 9.88. The van der Waals surface area contributed by atoms with Gasteiger partial charge in [0.05, 0.1) is 5.52 Å². The van der Waals surface area contributed by atoms with Crippen LogP contribution in [0.1, 0.15) is 17.7 Å². The number of benzene rings is 10. The Bertz CT molecular complexity index is 3540. The Kier molecular flexibility index (Phi) is 10.0. The number of nitrogens with zero attached hydrogens (tertiary/aromatic N) is 2. The quantitative estimate of drug-likeness (QED) is 0.141. The second-order valence-corrected chi connectivity index (χ2v) is 17.3. The minimum atomic E-state index is 1.05. The first-order valence-corrected chi connectivity index (χ1v) is 23.0. The molecule has 11 aromatic rings. The Morgan fingerprint density at radius 2 is 0.818 bits per heavy atom. The Morgan fingerprint density at radius 3 is 1.52 bits per heavy atom. The molecule has 10 aromatic carbocycles. The van der Waals surface area contributed by atoms with E-state index < -0.39 is 0 Å². The molecule has 0 unspecified atom stereocenters. The highest BCUT2D eigenvalue weighted by Gasteiger charge is 2.20. The largest absolute Gasteiger partial charge is 0.310 e. The van der Waals surface area contributed by atoms with E-state index in [4.69, 9.17) is 0 Å². The van der Waals surface area contributed by atoms with E-state index in [-0.39, 0.29) is 0 Å². The van der Waals surface area contributed by atoms with Crippen molar-refractivity contribution in [2.24, 2.45) is 0 Å². The molecule has 66 heavy (non-hydrogen) atoms. The second-order valence-electron chi connectivity index (χ2n) is 17.3. The monoisotopic (exact) mass is 842 g/mol. The van der Waals surface area contributed by atoms with Crippen LogP contribution >= 0.6 is 0 Å². The van der Waals surface area contributed by atoms with Gasteiger partial charge in [-0.3, -0.25) is 0 Å². The number of aryl methyl sites for hydroxylation is 1. The Balaban J connectivity index is 0.906. The van der Waals surface area contributed by atoms with Crippen molar-refractivity contribution in [3.8, 4) is 61.3 Å². The van der Waals surface area contributed by atoms with E-state index in [0.717, 1.165) is 29.9 Å². The van der Waals surface area contributed by atoms with Crippen LogP contribution in [0.4, 0.5) is 17.1 Å². The molecule has 0 atom stereocenters. The molecule has 12 rings (SSSR count). The molecule has 0 aliphatic heterocycles. The minimum absolute atomic E-state index is 1.05. The van der Waals surface area contributed by atoms with Gasteiger partial charge in [0.25, 0.3) is 0 Å². The van der Waals surface area contributed by atoms with Crippen LogP contribution in [0.2, 0.25) is 0 Å². The highest BCUT2D eigenvalue weighted by Crippen LogP contribution is 2.41. The lowest BCUT2D eigenvalue weighted by Crippen LogP contribution is -2.10. The maximum absolute atomic E-state index is 2.42. The molecular weight excluding hydrogens is 797 g/mol. The Morgan fingerprint density at radius 1 is 0.333 bits per heavy atom. The summed E-state index contributed by atoms with van der Waals surface area (Å²) in [4.78, 5) is 2.38. The molecule has 0 N–H and O–H groups in total. The summed E-state index contributed by atoms with van der Waals surface area (Å²) in [5.41, 5.74) is 20.5. The number of rotatable bonds is 9. The van der Waals surface area contributed by atoms with E-state index in [2.05, 4.69) is 264 Å². The Labute approximate surface area is 386 Å². The summed E-state index contributed by atoms with van der Waals surface area (Å²) in [7, 11) is 0. The maximum Gasteiger partial charge on any atom is 0.0538 e. The maximum atomic E-state index is 2.42. The van der Waals surface area contributed by atoms with Gasteiger partial charge in [-0.1, -0.05) is 176 Å². The molecule has 0 radical (unpaired) electrons. The molecule has 0 bridgehead atoms. The van der Waals surface area contributed by atoms with Crippen molar-refractivity contribution in [3.05, 3.63) is 260 Å². The summed E-state index contributed by atoms with van der Waals surface area (Å²) >= 11 is 0. The van der Waals surface area contributed by atoms with Crippen LogP contribution in [0.15, 0.2) is 249 Å². The van der Waals surface area contributed by atoms with Crippen LogP contribution < -0.4 is 4.90 Å². The fourth-order valence-electron chi connectivity index (χ4n) is 9.88. The number of anilines is 3. The molecule has 312 valence electrons. The fraction of sp³-hybridized carbons (Fsp3) is 0.0312. The van der Waals surface area contributed by atoms with Crippen LogP contribution in [0.5, 0.6) is 0 Å². The number of aromatic nitrogens is 1. The van der Waals surface area contributed by atoms with Crippen molar-refractivity contribution in [2.45, 2.75) is 12.8 Å². The standard InChI is InChI=1S/C64H46N2/c1-3-13-45(14-4-1)47-25-27-48(28-26-47)54-19-12-22-60(43-54)65(58-36-31-49(32-37-58)52-17-11-18-53(41-52)55-30-29-46-15-7-8-16-51(46)42-55)59-38-33-50(34-39-59)56-35-40-64-62(44-56)61-23-9-10-24-63(61)66(64)57-20-5-2-6-21-57/h1-8,10-22,24-44H,9,23H2. The van der Waals surface area contributed by atoms with Gasteiger partial charge in [0, 0.05) is 33.8 Å². The normalized spacial score (nSPS) is 12.1. The van der Waals surface area contributed by atoms with Crippen LogP contribution in [0, 0.1) is 0 Å². The minimum Gasteiger partial charge on any atom is -0.310 e. The van der Waals surface area contributed by atoms with Gasteiger partial charge < -0.3 is 9.47 Å². The van der Waals surface area contributed by atoms with Crippen molar-refractivity contribution < 1.29 is 0 Å². The van der Waals surface area contributed by atoms with Gasteiger partial charge in [0.15, 0.2) is 0 Å². The highest BCUT2D eigenvalue weighted by atomic mass is 15.1. The summed E-state index contributed by atoms with van der Waals surface area (Å²) in [6, 6.07) is 88.5. The van der Waals surface area contributed by atoms with Crippen molar-refractivity contribution in [1.29, 1.82) is 0 Å². The molecule has 0 amide bonds. The van der Waals surface area contributed by atoms with Gasteiger partial charge in [-0.05, 0) is 164 Å². The average molecular weight is 843 g/mol. The number of hydrogen-bond donors (Lipinski definition) is 0. The molecule has 0 saturated carbocycles. The summed E-state index contributed by atoms with van der Waals surface area (Å²) < 4.78 is 2.42. The predicted molar refractivity (Wildman–Crippen MR) is 280 cm³/mol. The third kappa shape index (κ3) is 7.39. The topological polar surface area (TPSA) is 8.17 Å². The van der Waals surface area contributed by atoms with Crippen LogP contribution in [-0.4, -0.2) is 4.57 Å². The number of hydrogen-bond acceptors (Lipinski definition) is 1. The van der Waals surface area contributed by atoms with E-state index in [1.54, 1.807) is 0 Å². The summed E-state index contributed by atoms with van der Waals surface area (Å²) in [6.07, 6.45) is 6.72. The molecule has 2 heteroatoms. The third-order valence-electron chi connectivity index (χ3n) is 13.3. The summed E-state index contributed by atoms with van der Waals surface area (Å²) in [5, 5.41) is 3.84. The van der Waals surface area contributed by atoms with Crippen LogP contribution in [0.25, 0.3) is 89.1 Å². The smallest absolute Gasteiger partial charge is 0.0538 e. The van der Waals surface area contributed by atoms with Crippen molar-refractivity contribution >= 4 is 44.8 Å². The molecule has 0 saturated heterocycles. The predicted octanol–water partition coefficient (Wildman–Crippen LogP) is 17.5. The van der Waals surface area contributed by atoms with Crippen molar-refractivity contribution in [1.82, 2.24) is 4.57 Å². The van der Waals surface area contributed by atoms with Crippen molar-refractivity contribution in [2.75, 3.05) is 4.90 Å². The number of fused-ring (bicyclic) bond motifs is 4. The molecule has 0 spiro atoms. The zero-order valence-corrected chi connectivity index (χ0v) is 36.6. The number of allylic oxidation sites excluding steroid dienone is 1. The van der Waals surface area contributed by atoms with E-state index in [1.807, 2.05) is 0 Å². The highest BCUT2D eigenvalue weighted by molar-refractivity contribution is 5.94. The van der Waals surface area contributed by atoms with Gasteiger partial charge in [-0.15, -0.1) is 0 Å². The first-order valence-electron chi connectivity index (χ1n) is 23.0. The second kappa shape index (κ2) is 16.9. The lowest BCUT2D eigenvalue weighted by Gasteiger charge is -2.26. The third-order valence-corrected chi connectivity index (χ3v) is 13.3. The molecule has 1 aliphatic carbocycles. The SMILES string of the molecule is C1=Cc2c(c3cc(-c4ccc(N(c5ccc(-c6cccc(-c7ccc8ccccc8c7)c6)cc5)c5cccc(-c6ccc(-c7ccccc7)cc6)c5)cc4)ccc3n2-c2ccccc2)CC1. The molecular formula is C64H46N2. The Hall–Kier alpha value is -8.46. The first-order chi connectivity index (χ1) is 32.7. The lowest BCUT2D eigenvalue weighted by molar-refractivity contribution is 0.967. The van der Waals surface area contributed by atoms with Crippen LogP contribution in [0.3, 0.4) is 0 Å². The number of para-hydroxylation sites is 1. The van der Waals surface area contributed by atoms with E-state index in [1.165, 1.54) is 94.3 Å². The molecule has 1 heterocycles. The average Bonchev–Trinajstić information content (AvgIpc) is 3.73. The molecule has 0 fully saturated rings. The van der Waals surface area contributed by atoms with Gasteiger partial charge in [-0.25, -0.2) is 0 Å². The molecule has 1 aromatic heterocycles. The van der Waals surface area contributed by atoms with E-state index >= 15 is 0 Å². The molecule has 2 nitrogen and oxygen atoms in total. The van der Waals surface area contributed by atoms with Crippen molar-refractivity contribution in [3.63, 3.8) is 0 Å².